The third kappa shape index (κ3) is 10.2. The molecule has 0 saturated heterocycles. The number of unbranched alkanes of at least 4 members (excludes halogenated alkanes) is 1. The summed E-state index contributed by atoms with van der Waals surface area (Å²) in [6, 6.07) is 0. The second kappa shape index (κ2) is 7.45. The molecule has 14 heavy (non-hydrogen) atoms. The van der Waals surface area contributed by atoms with Crippen LogP contribution >= 0.6 is 11.6 Å². The zero-order valence-electron chi connectivity index (χ0n) is 8.45. The molecule has 86 valence electrons. The monoisotopic (exact) mass is 243 g/mol. The van der Waals surface area contributed by atoms with Gasteiger partial charge >= 0.3 is 0 Å². The highest BCUT2D eigenvalue weighted by Crippen LogP contribution is 1.97. The second-order valence-corrected chi connectivity index (χ2v) is 5.29. The summed E-state index contributed by atoms with van der Waals surface area (Å²) in [4.78, 5) is 2.04. The molecule has 0 rings (SSSR count). The van der Waals surface area contributed by atoms with Crippen molar-refractivity contribution in [1.29, 1.82) is 0 Å². The molecule has 4 nitrogen and oxygen atoms in total. The smallest absolute Gasteiger partial charge is 0.264 e. The maximum atomic E-state index is 10.4. The highest BCUT2D eigenvalue weighted by molar-refractivity contribution is 7.85. The fourth-order valence-electron chi connectivity index (χ4n) is 1.10. The van der Waals surface area contributed by atoms with Crippen LogP contribution in [0.3, 0.4) is 0 Å². The van der Waals surface area contributed by atoms with Crippen LogP contribution in [0.1, 0.15) is 19.3 Å². The molecule has 0 fully saturated rings. The summed E-state index contributed by atoms with van der Waals surface area (Å²) in [5.74, 6) is 0.506. The first-order chi connectivity index (χ1) is 6.45. The van der Waals surface area contributed by atoms with Crippen molar-refractivity contribution in [3.8, 4) is 0 Å². The number of hydrogen-bond acceptors (Lipinski definition) is 3. The Hall–Kier alpha value is 0.160. The molecule has 0 spiro atoms. The highest BCUT2D eigenvalue weighted by Gasteiger charge is 2.05. The van der Waals surface area contributed by atoms with Crippen molar-refractivity contribution < 1.29 is 13.0 Å². The summed E-state index contributed by atoms with van der Waals surface area (Å²) >= 11 is 5.52. The summed E-state index contributed by atoms with van der Waals surface area (Å²) in [7, 11) is -1.86. The summed E-state index contributed by atoms with van der Waals surface area (Å²) in [5, 5.41) is 0. The largest absolute Gasteiger partial charge is 0.306 e. The van der Waals surface area contributed by atoms with Gasteiger partial charge in [-0.25, -0.2) is 0 Å². The van der Waals surface area contributed by atoms with E-state index in [4.69, 9.17) is 16.2 Å². The van der Waals surface area contributed by atoms with Gasteiger partial charge in [0.1, 0.15) is 0 Å². The van der Waals surface area contributed by atoms with Crippen LogP contribution in [0.5, 0.6) is 0 Å². The molecule has 0 unspecified atom stereocenters. The summed E-state index contributed by atoms with van der Waals surface area (Å²) in [5.41, 5.74) is 0. The van der Waals surface area contributed by atoms with E-state index in [1.807, 2.05) is 11.9 Å². The zero-order chi connectivity index (χ0) is 11.0. The lowest BCUT2D eigenvalue weighted by atomic mass is 10.3. The van der Waals surface area contributed by atoms with Crippen LogP contribution in [0.25, 0.3) is 0 Å². The van der Waals surface area contributed by atoms with Crippen LogP contribution in [0.4, 0.5) is 0 Å². The fraction of sp³-hybridized carbons (Fsp3) is 1.00. The van der Waals surface area contributed by atoms with Gasteiger partial charge in [-0.2, -0.15) is 8.42 Å². The molecule has 0 aliphatic rings. The molecule has 0 aliphatic carbocycles. The number of halogens is 1. The normalized spacial score (nSPS) is 12.3. The molecule has 6 heteroatoms. The van der Waals surface area contributed by atoms with Crippen LogP contribution in [0.2, 0.25) is 0 Å². The van der Waals surface area contributed by atoms with Gasteiger partial charge in [0.15, 0.2) is 0 Å². The average molecular weight is 244 g/mol. The van der Waals surface area contributed by atoms with Gasteiger partial charge in [-0.1, -0.05) is 0 Å². The Balaban J connectivity index is 3.40. The molecule has 0 aromatic carbocycles. The van der Waals surface area contributed by atoms with Crippen molar-refractivity contribution in [2.75, 3.05) is 31.8 Å². The summed E-state index contributed by atoms with van der Waals surface area (Å²) in [6.45, 7) is 1.60. The quantitative estimate of drug-likeness (QED) is 0.396. The summed E-state index contributed by atoms with van der Waals surface area (Å²) < 4.78 is 29.3. The van der Waals surface area contributed by atoms with Crippen molar-refractivity contribution in [2.45, 2.75) is 19.3 Å². The lowest BCUT2D eigenvalue weighted by Gasteiger charge is -2.15. The minimum absolute atomic E-state index is 0.160. The molecule has 0 amide bonds. The van der Waals surface area contributed by atoms with Crippen LogP contribution in [0, 0.1) is 0 Å². The maximum Gasteiger partial charge on any atom is 0.264 e. The molecule has 0 aromatic heterocycles. The molecule has 0 atom stereocenters. The van der Waals surface area contributed by atoms with E-state index in [1.165, 1.54) is 0 Å². The topological polar surface area (TPSA) is 57.6 Å². The van der Waals surface area contributed by atoms with E-state index in [2.05, 4.69) is 0 Å². The van der Waals surface area contributed by atoms with Gasteiger partial charge in [0.2, 0.25) is 0 Å². The van der Waals surface area contributed by atoms with Gasteiger partial charge in [0, 0.05) is 5.88 Å². The molecular weight excluding hydrogens is 226 g/mol. The molecule has 0 saturated carbocycles. The predicted molar refractivity (Wildman–Crippen MR) is 58.5 cm³/mol. The molecular formula is C8H18ClNO3S. The molecule has 0 heterocycles. The minimum Gasteiger partial charge on any atom is -0.306 e. The Labute approximate surface area is 91.0 Å². The predicted octanol–water partition coefficient (Wildman–Crippen LogP) is 1.22. The third-order valence-electron chi connectivity index (χ3n) is 1.87. The lowest BCUT2D eigenvalue weighted by Crippen LogP contribution is -2.23. The summed E-state index contributed by atoms with van der Waals surface area (Å²) in [6.07, 6.45) is 2.46. The first-order valence-electron chi connectivity index (χ1n) is 4.65. The Morgan fingerprint density at radius 3 is 2.29 bits per heavy atom. The molecule has 0 aromatic rings. The van der Waals surface area contributed by atoms with E-state index >= 15 is 0 Å². The van der Waals surface area contributed by atoms with Crippen LogP contribution < -0.4 is 0 Å². The third-order valence-corrected chi connectivity index (χ3v) is 2.94. The number of rotatable bonds is 8. The van der Waals surface area contributed by atoms with Crippen LogP contribution in [-0.2, 0) is 10.1 Å². The van der Waals surface area contributed by atoms with Gasteiger partial charge < -0.3 is 4.90 Å². The first-order valence-corrected chi connectivity index (χ1v) is 6.80. The van der Waals surface area contributed by atoms with Crippen LogP contribution in [-0.4, -0.2) is 49.6 Å². The fourth-order valence-corrected chi connectivity index (χ4v) is 1.79. The minimum atomic E-state index is -3.79. The van der Waals surface area contributed by atoms with E-state index in [9.17, 15) is 8.42 Å². The standard InChI is InChI=1S/C8H18ClNO3S/c1-10(6-3-2-5-9)7-4-8-14(11,12)13/h2-8H2,1H3,(H,11,12,13). The van der Waals surface area contributed by atoms with Gasteiger partial charge in [-0.3, -0.25) is 4.55 Å². The lowest BCUT2D eigenvalue weighted by molar-refractivity contribution is 0.328. The first kappa shape index (κ1) is 14.2. The van der Waals surface area contributed by atoms with E-state index in [1.54, 1.807) is 0 Å². The van der Waals surface area contributed by atoms with Gasteiger partial charge in [0.25, 0.3) is 10.1 Å². The molecule has 1 N–H and O–H groups in total. The van der Waals surface area contributed by atoms with Gasteiger partial charge in [0.05, 0.1) is 5.75 Å². The van der Waals surface area contributed by atoms with Crippen LogP contribution in [0.15, 0.2) is 0 Å². The van der Waals surface area contributed by atoms with Gasteiger partial charge in [-0.15, -0.1) is 11.6 Å². The average Bonchev–Trinajstić information content (AvgIpc) is 2.02. The van der Waals surface area contributed by atoms with Crippen molar-refractivity contribution in [2.24, 2.45) is 0 Å². The van der Waals surface area contributed by atoms with Crippen molar-refractivity contribution in [3.63, 3.8) is 0 Å². The van der Waals surface area contributed by atoms with E-state index < -0.39 is 10.1 Å². The molecule has 0 radical (unpaired) electrons. The van der Waals surface area contributed by atoms with Crippen molar-refractivity contribution >= 4 is 21.7 Å². The van der Waals surface area contributed by atoms with E-state index in [0.29, 0.717) is 18.8 Å². The van der Waals surface area contributed by atoms with Crippen molar-refractivity contribution in [1.82, 2.24) is 4.90 Å². The second-order valence-electron chi connectivity index (χ2n) is 3.34. The van der Waals surface area contributed by atoms with E-state index in [-0.39, 0.29) is 5.75 Å². The SMILES string of the molecule is CN(CCCCCl)CCCS(=O)(=O)O. The number of nitrogens with zero attached hydrogens (tertiary/aromatic N) is 1. The number of hydrogen-bond donors (Lipinski definition) is 1. The molecule has 0 aliphatic heterocycles. The van der Waals surface area contributed by atoms with Gasteiger partial charge in [-0.05, 0) is 39.4 Å². The Morgan fingerprint density at radius 2 is 1.79 bits per heavy atom. The Bertz CT molecular complexity index is 231. The number of alkyl halides is 1. The van der Waals surface area contributed by atoms with E-state index in [0.717, 1.165) is 19.4 Å². The highest BCUT2D eigenvalue weighted by atomic mass is 35.5. The maximum absolute atomic E-state index is 10.4. The zero-order valence-corrected chi connectivity index (χ0v) is 10.0. The Morgan fingerprint density at radius 1 is 1.21 bits per heavy atom. The Kier molecular flexibility index (Phi) is 7.54. The van der Waals surface area contributed by atoms with Crippen molar-refractivity contribution in [3.05, 3.63) is 0 Å². The molecule has 0 bridgehead atoms.